The van der Waals surface area contributed by atoms with Crippen molar-refractivity contribution in [3.8, 4) is 0 Å². The van der Waals surface area contributed by atoms with Gasteiger partial charge < -0.3 is 10.0 Å². The molecule has 1 aliphatic carbocycles. The van der Waals surface area contributed by atoms with Crippen molar-refractivity contribution in [1.29, 1.82) is 0 Å². The maximum atomic E-state index is 13.3. The highest BCUT2D eigenvalue weighted by Gasteiger charge is 2.55. The van der Waals surface area contributed by atoms with E-state index in [4.69, 9.17) is 0 Å². The number of aliphatic hydroxyl groups excluding tert-OH is 1. The van der Waals surface area contributed by atoms with Crippen LogP contribution in [0.3, 0.4) is 0 Å². The fraction of sp³-hybridized carbons (Fsp3) is 0.611. The zero-order valence-corrected chi connectivity index (χ0v) is 13.2. The van der Waals surface area contributed by atoms with Crippen molar-refractivity contribution in [1.82, 2.24) is 9.80 Å². The van der Waals surface area contributed by atoms with Gasteiger partial charge in [-0.05, 0) is 49.3 Å². The lowest BCUT2D eigenvalue weighted by Crippen LogP contribution is -2.69. The Morgan fingerprint density at radius 2 is 2.09 bits per heavy atom. The number of nitrogens with zero attached hydrogens (tertiary/aromatic N) is 2. The normalized spacial score (nSPS) is 26.5. The van der Waals surface area contributed by atoms with E-state index in [9.17, 15) is 14.3 Å². The predicted molar refractivity (Wildman–Crippen MR) is 84.5 cm³/mol. The molecule has 1 spiro atoms. The monoisotopic (exact) mass is 318 g/mol. The summed E-state index contributed by atoms with van der Waals surface area (Å²) in [5.41, 5.74) is 0.462. The molecule has 0 radical (unpaired) electrons. The minimum Gasteiger partial charge on any atom is -0.396 e. The number of carbonyl (C=O) groups is 1. The van der Waals surface area contributed by atoms with Gasteiger partial charge in [0.1, 0.15) is 5.82 Å². The van der Waals surface area contributed by atoms with Crippen LogP contribution >= 0.6 is 0 Å². The molecular formula is C18H23FN2O2. The van der Waals surface area contributed by atoms with Gasteiger partial charge >= 0.3 is 0 Å². The standard InChI is InChI=1S/C18H23FN2O2/c19-16-3-1-2-15(6-16)17(23)20-11-18(12-20)7-14(10-22)9-21(18)8-13-4-5-13/h1-3,6,13-14,22H,4-5,7-12H2/t14-/m0/s1. The molecule has 1 N–H and O–H groups in total. The van der Waals surface area contributed by atoms with Gasteiger partial charge in [-0.15, -0.1) is 0 Å². The van der Waals surface area contributed by atoms with E-state index in [1.807, 2.05) is 4.90 Å². The molecule has 0 unspecified atom stereocenters. The van der Waals surface area contributed by atoms with E-state index in [-0.39, 0.29) is 23.9 Å². The number of benzene rings is 1. The Bertz CT molecular complexity index is 611. The molecule has 1 atom stereocenters. The summed E-state index contributed by atoms with van der Waals surface area (Å²) in [6, 6.07) is 5.91. The highest BCUT2D eigenvalue weighted by atomic mass is 19.1. The van der Waals surface area contributed by atoms with Gasteiger partial charge in [0.15, 0.2) is 0 Å². The first-order valence-electron chi connectivity index (χ1n) is 8.50. The molecular weight excluding hydrogens is 295 g/mol. The summed E-state index contributed by atoms with van der Waals surface area (Å²) in [5, 5.41) is 9.52. The van der Waals surface area contributed by atoms with Gasteiger partial charge in [-0.2, -0.15) is 0 Å². The van der Waals surface area contributed by atoms with Gasteiger partial charge in [0.05, 0.1) is 5.54 Å². The van der Waals surface area contributed by atoms with Crippen LogP contribution in [0.1, 0.15) is 29.6 Å². The molecule has 4 nitrogen and oxygen atoms in total. The highest BCUT2D eigenvalue weighted by molar-refractivity contribution is 5.95. The van der Waals surface area contributed by atoms with Gasteiger partial charge in [0.25, 0.3) is 5.91 Å². The third-order valence-corrected chi connectivity index (χ3v) is 5.58. The van der Waals surface area contributed by atoms with E-state index < -0.39 is 0 Å². The van der Waals surface area contributed by atoms with Crippen molar-refractivity contribution in [3.63, 3.8) is 0 Å². The molecule has 2 saturated heterocycles. The smallest absolute Gasteiger partial charge is 0.254 e. The van der Waals surface area contributed by atoms with Crippen LogP contribution in [0.2, 0.25) is 0 Å². The van der Waals surface area contributed by atoms with Crippen molar-refractivity contribution in [2.24, 2.45) is 11.8 Å². The van der Waals surface area contributed by atoms with Crippen molar-refractivity contribution in [2.45, 2.75) is 24.8 Å². The van der Waals surface area contributed by atoms with E-state index in [0.717, 1.165) is 25.4 Å². The highest BCUT2D eigenvalue weighted by Crippen LogP contribution is 2.43. The average Bonchev–Trinajstić information content (AvgIpc) is 3.24. The Morgan fingerprint density at radius 3 is 2.74 bits per heavy atom. The van der Waals surface area contributed by atoms with Gasteiger partial charge in [0, 0.05) is 38.3 Å². The number of hydrogen-bond acceptors (Lipinski definition) is 3. The van der Waals surface area contributed by atoms with Gasteiger partial charge in [0.2, 0.25) is 0 Å². The third-order valence-electron chi connectivity index (χ3n) is 5.58. The summed E-state index contributed by atoms with van der Waals surface area (Å²) in [6.07, 6.45) is 3.58. The first kappa shape index (κ1) is 15.1. The molecule has 124 valence electrons. The number of carbonyl (C=O) groups excluding carboxylic acids is 1. The maximum absolute atomic E-state index is 13.3. The molecule has 3 fully saturated rings. The number of hydrogen-bond donors (Lipinski definition) is 1. The summed E-state index contributed by atoms with van der Waals surface area (Å²) >= 11 is 0. The van der Waals surface area contributed by atoms with Crippen molar-refractivity contribution < 1.29 is 14.3 Å². The topological polar surface area (TPSA) is 43.8 Å². The fourth-order valence-corrected chi connectivity index (χ4v) is 4.18. The number of aliphatic hydroxyl groups is 1. The molecule has 3 aliphatic rings. The second-order valence-corrected chi connectivity index (χ2v) is 7.50. The molecule has 4 rings (SSSR count). The molecule has 2 aliphatic heterocycles. The Kier molecular flexibility index (Phi) is 3.65. The van der Waals surface area contributed by atoms with Crippen LogP contribution in [0.15, 0.2) is 24.3 Å². The van der Waals surface area contributed by atoms with Gasteiger partial charge in [-0.3, -0.25) is 9.69 Å². The van der Waals surface area contributed by atoms with Crippen LogP contribution in [-0.4, -0.2) is 59.1 Å². The Morgan fingerprint density at radius 1 is 1.30 bits per heavy atom. The second-order valence-electron chi connectivity index (χ2n) is 7.50. The summed E-state index contributed by atoms with van der Waals surface area (Å²) in [4.78, 5) is 16.8. The van der Waals surface area contributed by atoms with Crippen molar-refractivity contribution in [2.75, 3.05) is 32.8 Å². The van der Waals surface area contributed by atoms with E-state index in [2.05, 4.69) is 4.90 Å². The lowest BCUT2D eigenvalue weighted by Gasteiger charge is -2.53. The third kappa shape index (κ3) is 2.76. The molecule has 1 saturated carbocycles. The first-order valence-corrected chi connectivity index (χ1v) is 8.50. The predicted octanol–water partition coefficient (Wildman–Crippen LogP) is 1.74. The molecule has 5 heteroatoms. The molecule has 1 aromatic rings. The Hall–Kier alpha value is -1.46. The number of amides is 1. The Labute approximate surface area is 135 Å². The average molecular weight is 318 g/mol. The van der Waals surface area contributed by atoms with Crippen LogP contribution in [-0.2, 0) is 0 Å². The van der Waals surface area contributed by atoms with Crippen LogP contribution in [0.4, 0.5) is 4.39 Å². The minimum atomic E-state index is -0.373. The lowest BCUT2D eigenvalue weighted by atomic mass is 9.84. The van der Waals surface area contributed by atoms with Gasteiger partial charge in [-0.25, -0.2) is 4.39 Å². The molecule has 0 bridgehead atoms. The summed E-state index contributed by atoms with van der Waals surface area (Å²) < 4.78 is 13.3. The zero-order chi connectivity index (χ0) is 16.0. The number of rotatable bonds is 4. The summed E-state index contributed by atoms with van der Waals surface area (Å²) in [7, 11) is 0. The molecule has 1 aromatic carbocycles. The minimum absolute atomic E-state index is 0.0406. The van der Waals surface area contributed by atoms with Crippen LogP contribution in [0, 0.1) is 17.7 Å². The molecule has 23 heavy (non-hydrogen) atoms. The number of halogens is 1. The number of likely N-dealkylation sites (tertiary alicyclic amines) is 2. The summed E-state index contributed by atoms with van der Waals surface area (Å²) in [5.74, 6) is 0.661. The first-order chi connectivity index (χ1) is 11.1. The molecule has 2 heterocycles. The van der Waals surface area contributed by atoms with Gasteiger partial charge in [-0.1, -0.05) is 6.07 Å². The van der Waals surface area contributed by atoms with E-state index in [1.54, 1.807) is 12.1 Å². The van der Waals surface area contributed by atoms with Crippen LogP contribution in [0.5, 0.6) is 0 Å². The largest absolute Gasteiger partial charge is 0.396 e. The lowest BCUT2D eigenvalue weighted by molar-refractivity contribution is -0.0200. The quantitative estimate of drug-likeness (QED) is 0.920. The maximum Gasteiger partial charge on any atom is 0.254 e. The van der Waals surface area contributed by atoms with Crippen LogP contribution < -0.4 is 0 Å². The molecule has 0 aromatic heterocycles. The summed E-state index contributed by atoms with van der Waals surface area (Å²) in [6.45, 7) is 3.66. The fourth-order valence-electron chi connectivity index (χ4n) is 4.18. The van der Waals surface area contributed by atoms with E-state index in [1.165, 1.54) is 25.0 Å². The Balaban J connectivity index is 1.44. The van der Waals surface area contributed by atoms with Crippen molar-refractivity contribution in [3.05, 3.63) is 35.6 Å². The van der Waals surface area contributed by atoms with Crippen LogP contribution in [0.25, 0.3) is 0 Å². The molecule has 1 amide bonds. The van der Waals surface area contributed by atoms with Crippen molar-refractivity contribution >= 4 is 5.91 Å². The zero-order valence-electron chi connectivity index (χ0n) is 13.2. The SMILES string of the molecule is O=C(c1cccc(F)c1)N1CC2(C[C@H](CO)CN2CC2CC2)C1. The van der Waals surface area contributed by atoms with E-state index in [0.29, 0.717) is 24.6 Å². The second kappa shape index (κ2) is 5.56. The van der Waals surface area contributed by atoms with E-state index >= 15 is 0 Å².